The first-order valence-corrected chi connectivity index (χ1v) is 5.31. The number of hydrogen-bond acceptors (Lipinski definition) is 4. The van der Waals surface area contributed by atoms with Crippen molar-refractivity contribution >= 4 is 11.0 Å². The van der Waals surface area contributed by atoms with Gasteiger partial charge < -0.3 is 19.7 Å². The van der Waals surface area contributed by atoms with E-state index >= 15 is 0 Å². The van der Waals surface area contributed by atoms with Gasteiger partial charge in [0.2, 0.25) is 0 Å². The number of phenolic OH excluding ortho intramolecular Hbond substituents is 2. The zero-order valence-corrected chi connectivity index (χ0v) is 9.45. The Labute approximate surface area is 103 Å². The van der Waals surface area contributed by atoms with Crippen LogP contribution < -0.4 is 0 Å². The van der Waals surface area contributed by atoms with Crippen molar-refractivity contribution in [2.75, 3.05) is 0 Å². The summed E-state index contributed by atoms with van der Waals surface area (Å²) in [5.74, 6) is -0.179. The highest BCUT2D eigenvalue weighted by Crippen LogP contribution is 2.22. The van der Waals surface area contributed by atoms with Gasteiger partial charge in [-0.2, -0.15) is 0 Å². The van der Waals surface area contributed by atoms with Gasteiger partial charge in [-0.15, -0.1) is 0 Å². The van der Waals surface area contributed by atoms with E-state index in [0.717, 1.165) is 11.0 Å². The molecule has 4 nitrogen and oxygen atoms in total. The molecule has 0 spiro atoms. The van der Waals surface area contributed by atoms with Crippen LogP contribution in [0, 0.1) is 0 Å². The molecule has 0 aliphatic carbocycles. The molecular weight excluding hydrogens is 232 g/mol. The Balaban J connectivity index is 0.000000138. The second-order valence-electron chi connectivity index (χ2n) is 3.61. The summed E-state index contributed by atoms with van der Waals surface area (Å²) in [6.45, 7) is 0. The van der Waals surface area contributed by atoms with Crippen LogP contribution in [-0.2, 0) is 0 Å². The van der Waals surface area contributed by atoms with Crippen molar-refractivity contribution in [3.05, 3.63) is 54.6 Å². The fourth-order valence-corrected chi connectivity index (χ4v) is 1.43. The maximum Gasteiger partial charge on any atom is 0.282 e. The lowest BCUT2D eigenvalue weighted by molar-refractivity contribution is 0.346. The van der Waals surface area contributed by atoms with Crippen LogP contribution in [0.4, 0.5) is 0 Å². The number of furan rings is 1. The predicted molar refractivity (Wildman–Crippen MR) is 67.7 cm³/mol. The van der Waals surface area contributed by atoms with E-state index in [0.29, 0.717) is 0 Å². The molecular formula is C14H12O4. The molecule has 0 fully saturated rings. The zero-order valence-electron chi connectivity index (χ0n) is 9.45. The number of aromatic hydroxyl groups is 3. The molecule has 3 aromatic rings. The monoisotopic (exact) mass is 244 g/mol. The molecule has 3 N–H and O–H groups in total. The molecule has 18 heavy (non-hydrogen) atoms. The number of phenols is 2. The molecule has 0 bridgehead atoms. The van der Waals surface area contributed by atoms with Crippen LogP contribution in [0.15, 0.2) is 59.0 Å². The molecule has 0 amide bonds. The van der Waals surface area contributed by atoms with Gasteiger partial charge in [0.05, 0.1) is 0 Å². The standard InChI is InChI=1S/C8H6O2.C6H6O2/c9-8-5-6-3-1-2-4-7(6)10-8;7-5-3-1-2-4-6(5)8/h1-5,9H;1-4,7-8H. The molecule has 0 radical (unpaired) electrons. The highest BCUT2D eigenvalue weighted by molar-refractivity contribution is 5.78. The molecule has 0 saturated heterocycles. The predicted octanol–water partition coefficient (Wildman–Crippen LogP) is 3.24. The second-order valence-corrected chi connectivity index (χ2v) is 3.61. The van der Waals surface area contributed by atoms with Gasteiger partial charge in [-0.05, 0) is 18.2 Å². The molecule has 0 aliphatic heterocycles. The minimum atomic E-state index is -0.0764. The third-order valence-corrected chi connectivity index (χ3v) is 2.29. The van der Waals surface area contributed by atoms with Gasteiger partial charge in [-0.25, -0.2) is 0 Å². The van der Waals surface area contributed by atoms with Crippen LogP contribution in [0.1, 0.15) is 0 Å². The van der Waals surface area contributed by atoms with E-state index < -0.39 is 0 Å². The summed E-state index contributed by atoms with van der Waals surface area (Å²) in [6.07, 6.45) is 0. The van der Waals surface area contributed by atoms with E-state index in [1.54, 1.807) is 18.2 Å². The van der Waals surface area contributed by atoms with Gasteiger partial charge in [-0.3, -0.25) is 0 Å². The maximum absolute atomic E-state index is 8.89. The first kappa shape index (κ1) is 11.9. The average Bonchev–Trinajstić information content (AvgIpc) is 2.74. The summed E-state index contributed by atoms with van der Waals surface area (Å²) >= 11 is 0. The van der Waals surface area contributed by atoms with Crippen molar-refractivity contribution in [2.45, 2.75) is 0 Å². The molecule has 0 unspecified atom stereocenters. The lowest BCUT2D eigenvalue weighted by Crippen LogP contribution is -1.63. The van der Waals surface area contributed by atoms with Crippen LogP contribution in [0.25, 0.3) is 11.0 Å². The second kappa shape index (κ2) is 5.14. The van der Waals surface area contributed by atoms with E-state index in [2.05, 4.69) is 0 Å². The topological polar surface area (TPSA) is 73.8 Å². The molecule has 3 rings (SSSR count). The number of rotatable bonds is 0. The Bertz CT molecular complexity index is 589. The minimum absolute atomic E-state index is 0.0267. The smallest absolute Gasteiger partial charge is 0.282 e. The van der Waals surface area contributed by atoms with E-state index in [-0.39, 0.29) is 17.4 Å². The fourth-order valence-electron chi connectivity index (χ4n) is 1.43. The third-order valence-electron chi connectivity index (χ3n) is 2.29. The highest BCUT2D eigenvalue weighted by Gasteiger charge is 1.97. The first-order chi connectivity index (χ1) is 8.66. The van der Waals surface area contributed by atoms with Crippen molar-refractivity contribution in [1.29, 1.82) is 0 Å². The number of hydrogen-bond donors (Lipinski definition) is 3. The molecule has 4 heteroatoms. The Hall–Kier alpha value is -2.62. The van der Waals surface area contributed by atoms with E-state index in [9.17, 15) is 0 Å². The molecule has 1 heterocycles. The largest absolute Gasteiger partial charge is 0.504 e. The van der Waals surface area contributed by atoms with Gasteiger partial charge in [-0.1, -0.05) is 30.3 Å². The quantitative estimate of drug-likeness (QED) is 0.531. The van der Waals surface area contributed by atoms with Crippen molar-refractivity contribution in [3.8, 4) is 17.4 Å². The van der Waals surface area contributed by atoms with E-state index in [1.807, 2.05) is 24.3 Å². The van der Waals surface area contributed by atoms with Crippen molar-refractivity contribution in [2.24, 2.45) is 0 Å². The Morgan fingerprint density at radius 1 is 0.722 bits per heavy atom. The lowest BCUT2D eigenvalue weighted by Gasteiger charge is -1.91. The first-order valence-electron chi connectivity index (χ1n) is 5.31. The maximum atomic E-state index is 8.89. The summed E-state index contributed by atoms with van der Waals surface area (Å²) in [6, 6.07) is 15.2. The van der Waals surface area contributed by atoms with Crippen molar-refractivity contribution < 1.29 is 19.7 Å². The minimum Gasteiger partial charge on any atom is -0.504 e. The molecule has 0 atom stereocenters. The lowest BCUT2D eigenvalue weighted by atomic mass is 10.3. The van der Waals surface area contributed by atoms with Crippen molar-refractivity contribution in [1.82, 2.24) is 0 Å². The Morgan fingerprint density at radius 2 is 1.28 bits per heavy atom. The summed E-state index contributed by atoms with van der Waals surface area (Å²) < 4.78 is 4.92. The zero-order chi connectivity index (χ0) is 13.0. The fraction of sp³-hybridized carbons (Fsp3) is 0. The normalized spacial score (nSPS) is 9.78. The number of para-hydroxylation sites is 3. The molecule has 1 aromatic heterocycles. The van der Waals surface area contributed by atoms with Crippen molar-refractivity contribution in [3.63, 3.8) is 0 Å². The number of benzene rings is 2. The summed E-state index contributed by atoms with van der Waals surface area (Å²) in [5, 5.41) is 27.2. The number of fused-ring (bicyclic) bond motifs is 1. The van der Waals surface area contributed by atoms with Gasteiger partial charge >= 0.3 is 0 Å². The molecule has 0 saturated carbocycles. The Morgan fingerprint density at radius 3 is 1.83 bits per heavy atom. The van der Waals surface area contributed by atoms with E-state index in [1.165, 1.54) is 12.1 Å². The van der Waals surface area contributed by atoms with Crippen LogP contribution in [0.3, 0.4) is 0 Å². The summed E-state index contributed by atoms with van der Waals surface area (Å²) in [5.41, 5.74) is 0.722. The Kier molecular flexibility index (Phi) is 3.38. The summed E-state index contributed by atoms with van der Waals surface area (Å²) in [7, 11) is 0. The SMILES string of the molecule is Oc1cc2ccccc2o1.Oc1ccccc1O. The molecule has 92 valence electrons. The highest BCUT2D eigenvalue weighted by atomic mass is 16.5. The van der Waals surface area contributed by atoms with Crippen LogP contribution >= 0.6 is 0 Å². The van der Waals surface area contributed by atoms with Gasteiger partial charge in [0.15, 0.2) is 11.5 Å². The van der Waals surface area contributed by atoms with Gasteiger partial charge in [0.1, 0.15) is 5.58 Å². The summed E-state index contributed by atoms with van der Waals surface area (Å²) in [4.78, 5) is 0. The van der Waals surface area contributed by atoms with Crippen LogP contribution in [0.5, 0.6) is 17.4 Å². The van der Waals surface area contributed by atoms with E-state index in [4.69, 9.17) is 19.7 Å². The third kappa shape index (κ3) is 2.74. The van der Waals surface area contributed by atoms with Crippen LogP contribution in [-0.4, -0.2) is 15.3 Å². The van der Waals surface area contributed by atoms with Crippen LogP contribution in [0.2, 0.25) is 0 Å². The van der Waals surface area contributed by atoms with Gasteiger partial charge in [0, 0.05) is 11.5 Å². The average molecular weight is 244 g/mol. The molecule has 0 aliphatic rings. The van der Waals surface area contributed by atoms with Gasteiger partial charge in [0.25, 0.3) is 5.95 Å². The molecule has 2 aromatic carbocycles.